The monoisotopic (exact) mass is 166 g/mol. The lowest BCUT2D eigenvalue weighted by Gasteiger charge is -2.18. The Labute approximate surface area is 70.9 Å². The zero-order valence-corrected chi connectivity index (χ0v) is 6.83. The molecule has 1 aliphatic rings. The third-order valence-corrected chi connectivity index (χ3v) is 1.73. The molecule has 1 fully saturated rings. The van der Waals surface area contributed by atoms with Gasteiger partial charge in [-0.1, -0.05) is 0 Å². The van der Waals surface area contributed by atoms with E-state index in [-0.39, 0.29) is 24.5 Å². The minimum atomic E-state index is -0.345. The van der Waals surface area contributed by atoms with E-state index in [4.69, 9.17) is 6.42 Å². The second-order valence-electron chi connectivity index (χ2n) is 2.68. The van der Waals surface area contributed by atoms with Gasteiger partial charge in [0.2, 0.25) is 5.91 Å². The fourth-order valence-electron chi connectivity index (χ4n) is 1.14. The molecule has 1 unspecified atom stereocenters. The van der Waals surface area contributed by atoms with Crippen molar-refractivity contribution in [3.8, 4) is 12.3 Å². The van der Waals surface area contributed by atoms with Gasteiger partial charge in [-0.15, -0.1) is 12.3 Å². The van der Waals surface area contributed by atoms with Gasteiger partial charge < -0.3 is 5.32 Å². The lowest BCUT2D eigenvalue weighted by Crippen LogP contribution is -2.38. The topological polar surface area (TPSA) is 49.4 Å². The van der Waals surface area contributed by atoms with Crippen LogP contribution in [-0.4, -0.2) is 29.4 Å². The molecule has 0 aromatic rings. The van der Waals surface area contributed by atoms with Crippen molar-refractivity contribution in [3.05, 3.63) is 0 Å². The average Bonchev–Trinajstić information content (AvgIpc) is 2.32. The van der Waals surface area contributed by atoms with Crippen LogP contribution in [0.3, 0.4) is 0 Å². The number of hydrogen-bond acceptors (Lipinski definition) is 2. The number of amides is 3. The van der Waals surface area contributed by atoms with Crippen LogP contribution in [0.2, 0.25) is 0 Å². The molecular formula is C8H10N2O2. The van der Waals surface area contributed by atoms with Gasteiger partial charge in [-0.2, -0.15) is 0 Å². The molecule has 0 saturated carbocycles. The van der Waals surface area contributed by atoms with E-state index in [0.717, 1.165) is 0 Å². The highest BCUT2D eigenvalue weighted by molar-refractivity contribution is 6.02. The van der Waals surface area contributed by atoms with Crippen LogP contribution < -0.4 is 5.32 Å². The molecule has 0 aliphatic carbocycles. The molecule has 12 heavy (non-hydrogen) atoms. The van der Waals surface area contributed by atoms with Gasteiger partial charge in [0.05, 0.1) is 6.54 Å². The Morgan fingerprint density at radius 2 is 2.42 bits per heavy atom. The quantitative estimate of drug-likeness (QED) is 0.462. The number of carbonyl (C=O) groups is 2. The molecule has 0 aromatic heterocycles. The van der Waals surface area contributed by atoms with Gasteiger partial charge in [0.25, 0.3) is 0 Å². The Morgan fingerprint density at radius 3 is 2.83 bits per heavy atom. The average molecular weight is 166 g/mol. The summed E-state index contributed by atoms with van der Waals surface area (Å²) in [5.41, 5.74) is 0. The highest BCUT2D eigenvalue weighted by atomic mass is 16.2. The Bertz CT molecular complexity index is 238. The smallest absolute Gasteiger partial charge is 0.324 e. The van der Waals surface area contributed by atoms with Crippen molar-refractivity contribution in [1.82, 2.24) is 10.2 Å². The second kappa shape index (κ2) is 3.26. The van der Waals surface area contributed by atoms with Crippen LogP contribution >= 0.6 is 0 Å². The summed E-state index contributed by atoms with van der Waals surface area (Å²) in [5, 5.41) is 2.43. The molecule has 1 aliphatic heterocycles. The molecule has 4 nitrogen and oxygen atoms in total. The number of urea groups is 1. The van der Waals surface area contributed by atoms with Crippen LogP contribution in [-0.2, 0) is 4.79 Å². The van der Waals surface area contributed by atoms with Crippen LogP contribution in [0.25, 0.3) is 0 Å². The minimum Gasteiger partial charge on any atom is -0.329 e. The van der Waals surface area contributed by atoms with E-state index in [1.54, 1.807) is 6.92 Å². The van der Waals surface area contributed by atoms with Crippen molar-refractivity contribution >= 4 is 11.9 Å². The summed E-state index contributed by atoms with van der Waals surface area (Å²) in [6, 6.07) is -0.548. The molecule has 1 heterocycles. The van der Waals surface area contributed by atoms with Gasteiger partial charge in [-0.3, -0.25) is 9.69 Å². The lowest BCUT2D eigenvalue weighted by molar-refractivity contribution is -0.126. The maximum Gasteiger partial charge on any atom is 0.324 e. The van der Waals surface area contributed by atoms with E-state index in [1.165, 1.54) is 4.90 Å². The number of terminal acetylenes is 1. The Hall–Kier alpha value is -1.50. The molecule has 1 N–H and O–H groups in total. The van der Waals surface area contributed by atoms with Crippen LogP contribution in [0.5, 0.6) is 0 Å². The van der Waals surface area contributed by atoms with Gasteiger partial charge in [0.1, 0.15) is 0 Å². The van der Waals surface area contributed by atoms with Crippen LogP contribution in [0, 0.1) is 12.3 Å². The summed E-state index contributed by atoms with van der Waals surface area (Å²) in [6.07, 6.45) is 5.47. The number of nitrogens with one attached hydrogen (secondary N) is 1. The predicted octanol–water partition coefficient (Wildman–Crippen LogP) is -0.0500. The molecule has 1 atom stereocenters. The predicted molar refractivity (Wildman–Crippen MR) is 43.2 cm³/mol. The first-order valence-corrected chi connectivity index (χ1v) is 3.70. The molecule has 1 rings (SSSR count). The van der Waals surface area contributed by atoms with E-state index in [1.807, 2.05) is 0 Å². The van der Waals surface area contributed by atoms with Crippen molar-refractivity contribution in [2.75, 3.05) is 6.54 Å². The first-order chi connectivity index (χ1) is 5.66. The zero-order chi connectivity index (χ0) is 9.14. The summed E-state index contributed by atoms with van der Waals surface area (Å²) in [6.45, 7) is 1.84. The lowest BCUT2D eigenvalue weighted by atomic mass is 10.2. The summed E-state index contributed by atoms with van der Waals surface area (Å²) in [4.78, 5) is 23.3. The van der Waals surface area contributed by atoms with Crippen molar-refractivity contribution < 1.29 is 9.59 Å². The van der Waals surface area contributed by atoms with E-state index in [9.17, 15) is 9.59 Å². The van der Waals surface area contributed by atoms with Crippen molar-refractivity contribution in [3.63, 3.8) is 0 Å². The number of rotatable bonds is 2. The Kier molecular flexibility index (Phi) is 2.34. The fourth-order valence-corrected chi connectivity index (χ4v) is 1.14. The van der Waals surface area contributed by atoms with Crippen molar-refractivity contribution in [1.29, 1.82) is 0 Å². The highest BCUT2D eigenvalue weighted by Gasteiger charge is 2.31. The zero-order valence-electron chi connectivity index (χ0n) is 6.83. The van der Waals surface area contributed by atoms with Gasteiger partial charge in [0.15, 0.2) is 0 Å². The number of imide groups is 1. The van der Waals surface area contributed by atoms with E-state index in [2.05, 4.69) is 11.2 Å². The van der Waals surface area contributed by atoms with Gasteiger partial charge in [0, 0.05) is 12.5 Å². The number of hydrogen-bond donors (Lipinski definition) is 1. The normalized spacial score (nSPS) is 18.8. The SMILES string of the molecule is C#CCC(C)N1C(=O)CNC1=O. The second-order valence-corrected chi connectivity index (χ2v) is 2.68. The molecule has 1 saturated heterocycles. The van der Waals surface area contributed by atoms with Gasteiger partial charge >= 0.3 is 6.03 Å². The third-order valence-electron chi connectivity index (χ3n) is 1.73. The standard InChI is InChI=1S/C8H10N2O2/c1-3-4-6(2)10-7(11)5-9-8(10)12/h1,6H,4-5H2,2H3,(H,9,12). The summed E-state index contributed by atoms with van der Waals surface area (Å²) < 4.78 is 0. The Morgan fingerprint density at radius 1 is 1.75 bits per heavy atom. The minimum absolute atomic E-state index is 0.0910. The maximum absolute atomic E-state index is 11.1. The van der Waals surface area contributed by atoms with Crippen LogP contribution in [0.4, 0.5) is 4.79 Å². The molecule has 0 spiro atoms. The third kappa shape index (κ3) is 1.40. The molecule has 0 aromatic carbocycles. The summed E-state index contributed by atoms with van der Waals surface area (Å²) in [7, 11) is 0. The summed E-state index contributed by atoms with van der Waals surface area (Å²) in [5.74, 6) is 2.21. The molecule has 3 amide bonds. The molecule has 0 radical (unpaired) electrons. The maximum atomic E-state index is 11.1. The largest absolute Gasteiger partial charge is 0.329 e. The summed E-state index contributed by atoms with van der Waals surface area (Å²) >= 11 is 0. The highest BCUT2D eigenvalue weighted by Crippen LogP contribution is 2.07. The van der Waals surface area contributed by atoms with E-state index >= 15 is 0 Å². The molecule has 64 valence electrons. The number of carbonyl (C=O) groups excluding carboxylic acids is 2. The van der Waals surface area contributed by atoms with E-state index in [0.29, 0.717) is 6.42 Å². The van der Waals surface area contributed by atoms with Crippen molar-refractivity contribution in [2.45, 2.75) is 19.4 Å². The first kappa shape index (κ1) is 8.60. The first-order valence-electron chi connectivity index (χ1n) is 3.70. The van der Waals surface area contributed by atoms with Crippen LogP contribution in [0.1, 0.15) is 13.3 Å². The van der Waals surface area contributed by atoms with Gasteiger partial charge in [-0.25, -0.2) is 4.79 Å². The Balaban J connectivity index is 2.67. The van der Waals surface area contributed by atoms with Crippen LogP contribution in [0.15, 0.2) is 0 Å². The number of nitrogens with zero attached hydrogens (tertiary/aromatic N) is 1. The van der Waals surface area contributed by atoms with Crippen molar-refractivity contribution in [2.24, 2.45) is 0 Å². The molecule has 4 heteroatoms. The fraction of sp³-hybridized carbons (Fsp3) is 0.500. The van der Waals surface area contributed by atoms with Gasteiger partial charge in [-0.05, 0) is 6.92 Å². The molecule has 0 bridgehead atoms. The van der Waals surface area contributed by atoms with E-state index < -0.39 is 0 Å². The molecular weight excluding hydrogens is 156 g/mol.